The van der Waals surface area contributed by atoms with E-state index in [1.165, 1.54) is 51.4 Å². The SMILES string of the molecule is CCCCCC1CCC(C2CCC(C(=O)Oc3ccc(OC(=O)CCCC)cc3)CC2)CC1. The van der Waals surface area contributed by atoms with Crippen molar-refractivity contribution in [1.29, 1.82) is 0 Å². The van der Waals surface area contributed by atoms with Crippen molar-refractivity contribution < 1.29 is 19.1 Å². The summed E-state index contributed by atoms with van der Waals surface area (Å²) in [7, 11) is 0. The van der Waals surface area contributed by atoms with Crippen LogP contribution in [0.2, 0.25) is 0 Å². The second-order valence-electron chi connectivity index (χ2n) is 10.4. The van der Waals surface area contributed by atoms with Crippen LogP contribution in [0.3, 0.4) is 0 Å². The Balaban J connectivity index is 1.36. The summed E-state index contributed by atoms with van der Waals surface area (Å²) < 4.78 is 11.0. The number of esters is 2. The second kappa shape index (κ2) is 13.8. The van der Waals surface area contributed by atoms with Gasteiger partial charge in [-0.15, -0.1) is 0 Å². The third kappa shape index (κ3) is 8.46. The fourth-order valence-electron chi connectivity index (χ4n) is 5.74. The number of unbranched alkanes of at least 4 members (excludes halogenated alkanes) is 3. The van der Waals surface area contributed by atoms with E-state index in [4.69, 9.17) is 9.47 Å². The van der Waals surface area contributed by atoms with Crippen LogP contribution in [0.15, 0.2) is 24.3 Å². The van der Waals surface area contributed by atoms with Crippen LogP contribution in [-0.4, -0.2) is 11.9 Å². The van der Waals surface area contributed by atoms with Crippen molar-refractivity contribution in [2.75, 3.05) is 0 Å². The normalized spacial score (nSPS) is 25.4. The Morgan fingerprint density at radius 1 is 0.727 bits per heavy atom. The highest BCUT2D eigenvalue weighted by atomic mass is 16.5. The zero-order valence-electron chi connectivity index (χ0n) is 20.9. The summed E-state index contributed by atoms with van der Waals surface area (Å²) in [5, 5.41) is 0. The molecule has 1 aromatic rings. The summed E-state index contributed by atoms with van der Waals surface area (Å²) in [5.41, 5.74) is 0. The van der Waals surface area contributed by atoms with E-state index in [9.17, 15) is 9.59 Å². The second-order valence-corrected chi connectivity index (χ2v) is 10.4. The van der Waals surface area contributed by atoms with E-state index in [0.29, 0.717) is 17.9 Å². The molecule has 0 N–H and O–H groups in total. The molecule has 0 saturated heterocycles. The van der Waals surface area contributed by atoms with Crippen LogP contribution in [0.5, 0.6) is 11.5 Å². The molecule has 2 aliphatic rings. The zero-order valence-corrected chi connectivity index (χ0v) is 20.9. The monoisotopic (exact) mass is 456 g/mol. The minimum absolute atomic E-state index is 0.0122. The topological polar surface area (TPSA) is 52.6 Å². The number of carbonyl (C=O) groups is 2. The predicted octanol–water partition coefficient (Wildman–Crippen LogP) is 7.88. The van der Waals surface area contributed by atoms with Crippen molar-refractivity contribution in [1.82, 2.24) is 0 Å². The summed E-state index contributed by atoms with van der Waals surface area (Å²) in [6, 6.07) is 6.82. The van der Waals surface area contributed by atoms with Crippen LogP contribution in [0.4, 0.5) is 0 Å². The predicted molar refractivity (Wildman–Crippen MR) is 132 cm³/mol. The zero-order chi connectivity index (χ0) is 23.5. The first-order valence-corrected chi connectivity index (χ1v) is 13.6. The molecule has 0 aromatic heterocycles. The van der Waals surface area contributed by atoms with Gasteiger partial charge in [0.25, 0.3) is 0 Å². The van der Waals surface area contributed by atoms with Crippen LogP contribution in [-0.2, 0) is 9.59 Å². The number of rotatable bonds is 11. The van der Waals surface area contributed by atoms with Crippen LogP contribution < -0.4 is 9.47 Å². The van der Waals surface area contributed by atoms with Gasteiger partial charge in [-0.25, -0.2) is 0 Å². The van der Waals surface area contributed by atoms with E-state index >= 15 is 0 Å². The summed E-state index contributed by atoms with van der Waals surface area (Å²) in [6.45, 7) is 4.33. The average Bonchev–Trinajstić information content (AvgIpc) is 2.84. The molecule has 2 fully saturated rings. The molecule has 2 aliphatic carbocycles. The van der Waals surface area contributed by atoms with Crippen molar-refractivity contribution in [3.05, 3.63) is 24.3 Å². The Bertz CT molecular complexity index is 710. The Labute approximate surface area is 200 Å². The molecular formula is C29H44O4. The van der Waals surface area contributed by atoms with Gasteiger partial charge in [0.1, 0.15) is 11.5 Å². The Morgan fingerprint density at radius 3 is 1.85 bits per heavy atom. The Morgan fingerprint density at radius 2 is 1.27 bits per heavy atom. The van der Waals surface area contributed by atoms with Crippen molar-refractivity contribution >= 4 is 11.9 Å². The van der Waals surface area contributed by atoms with Crippen LogP contribution in [0, 0.1) is 23.7 Å². The van der Waals surface area contributed by atoms with Crippen molar-refractivity contribution in [3.63, 3.8) is 0 Å². The molecular weight excluding hydrogens is 412 g/mol. The largest absolute Gasteiger partial charge is 0.427 e. The minimum Gasteiger partial charge on any atom is -0.427 e. The van der Waals surface area contributed by atoms with Gasteiger partial charge in [-0.2, -0.15) is 0 Å². The van der Waals surface area contributed by atoms with E-state index in [1.54, 1.807) is 24.3 Å². The molecule has 0 radical (unpaired) electrons. The quantitative estimate of drug-likeness (QED) is 0.193. The van der Waals surface area contributed by atoms with Gasteiger partial charge in [-0.1, -0.05) is 58.8 Å². The molecule has 0 aliphatic heterocycles. The standard InChI is InChI=1S/C29H44O4/c1-3-5-7-8-22-10-12-23(13-11-22)24-14-16-25(17-15-24)29(31)33-27-20-18-26(19-21-27)32-28(30)9-6-4-2/h18-25H,3-17H2,1-2H3. The first-order valence-electron chi connectivity index (χ1n) is 13.6. The van der Waals surface area contributed by atoms with Crippen molar-refractivity contribution in [3.8, 4) is 11.5 Å². The number of carbonyl (C=O) groups excluding carboxylic acids is 2. The van der Waals surface area contributed by atoms with Crippen LogP contribution in [0.25, 0.3) is 0 Å². The summed E-state index contributed by atoms with van der Waals surface area (Å²) in [4.78, 5) is 24.4. The Kier molecular flexibility index (Phi) is 10.8. The molecule has 0 unspecified atom stereocenters. The van der Waals surface area contributed by atoms with Crippen molar-refractivity contribution in [2.24, 2.45) is 23.7 Å². The molecule has 0 bridgehead atoms. The number of ether oxygens (including phenoxy) is 2. The molecule has 184 valence electrons. The van der Waals surface area contributed by atoms with E-state index in [2.05, 4.69) is 6.92 Å². The molecule has 3 rings (SSSR count). The van der Waals surface area contributed by atoms with E-state index < -0.39 is 0 Å². The van der Waals surface area contributed by atoms with Gasteiger partial charge < -0.3 is 9.47 Å². The molecule has 0 atom stereocenters. The fraction of sp³-hybridized carbons (Fsp3) is 0.724. The minimum atomic E-state index is -0.219. The molecule has 1 aromatic carbocycles. The van der Waals surface area contributed by atoms with Crippen molar-refractivity contribution in [2.45, 2.75) is 110 Å². The van der Waals surface area contributed by atoms with Gasteiger partial charge in [0.15, 0.2) is 0 Å². The van der Waals surface area contributed by atoms with Gasteiger partial charge in [-0.3, -0.25) is 9.59 Å². The molecule has 2 saturated carbocycles. The summed E-state index contributed by atoms with van der Waals surface area (Å²) >= 11 is 0. The van der Waals surface area contributed by atoms with Crippen LogP contribution in [0.1, 0.15) is 110 Å². The average molecular weight is 457 g/mol. The van der Waals surface area contributed by atoms with Gasteiger partial charge >= 0.3 is 11.9 Å². The molecule has 0 heterocycles. The maximum atomic E-state index is 12.7. The van der Waals surface area contributed by atoms with Gasteiger partial charge in [-0.05, 0) is 87.0 Å². The maximum absolute atomic E-state index is 12.7. The third-order valence-corrected chi connectivity index (χ3v) is 7.89. The first kappa shape index (κ1) is 25.8. The molecule has 33 heavy (non-hydrogen) atoms. The van der Waals surface area contributed by atoms with Gasteiger partial charge in [0.2, 0.25) is 0 Å². The molecule has 4 heteroatoms. The highest BCUT2D eigenvalue weighted by Gasteiger charge is 2.33. The highest BCUT2D eigenvalue weighted by molar-refractivity contribution is 5.75. The number of benzene rings is 1. The maximum Gasteiger partial charge on any atom is 0.314 e. The van der Waals surface area contributed by atoms with E-state index in [0.717, 1.165) is 56.3 Å². The van der Waals surface area contributed by atoms with Crippen LogP contribution >= 0.6 is 0 Å². The first-order chi connectivity index (χ1) is 16.1. The Hall–Kier alpha value is -1.84. The highest BCUT2D eigenvalue weighted by Crippen LogP contribution is 2.42. The smallest absolute Gasteiger partial charge is 0.314 e. The fourth-order valence-corrected chi connectivity index (χ4v) is 5.74. The molecule has 4 nitrogen and oxygen atoms in total. The van der Waals surface area contributed by atoms with E-state index in [-0.39, 0.29) is 17.9 Å². The van der Waals surface area contributed by atoms with Gasteiger partial charge in [0, 0.05) is 6.42 Å². The lowest BCUT2D eigenvalue weighted by Crippen LogP contribution is -2.30. The van der Waals surface area contributed by atoms with Gasteiger partial charge in [0.05, 0.1) is 5.92 Å². The number of hydrogen-bond donors (Lipinski definition) is 0. The lowest BCUT2D eigenvalue weighted by Gasteiger charge is -2.37. The number of hydrogen-bond acceptors (Lipinski definition) is 4. The summed E-state index contributed by atoms with van der Waals surface area (Å²) in [6.07, 6.45) is 17.6. The molecule has 0 spiro atoms. The lowest BCUT2D eigenvalue weighted by atomic mass is 9.68. The lowest BCUT2D eigenvalue weighted by molar-refractivity contribution is -0.140. The third-order valence-electron chi connectivity index (χ3n) is 7.89. The molecule has 0 amide bonds. The van der Waals surface area contributed by atoms with E-state index in [1.807, 2.05) is 6.92 Å². The summed E-state index contributed by atoms with van der Waals surface area (Å²) in [5.74, 6) is 3.34.